The van der Waals surface area contributed by atoms with Crippen LogP contribution in [-0.4, -0.2) is 69.0 Å². The third kappa shape index (κ3) is 5.44. The van der Waals surface area contributed by atoms with Crippen molar-refractivity contribution in [1.82, 2.24) is 15.5 Å². The van der Waals surface area contributed by atoms with Crippen molar-refractivity contribution in [2.45, 2.75) is 12.8 Å². The van der Waals surface area contributed by atoms with Crippen LogP contribution in [0, 0.1) is 5.41 Å². The Bertz CT molecular complexity index is 318. The van der Waals surface area contributed by atoms with Gasteiger partial charge in [0.25, 0.3) is 0 Å². The van der Waals surface area contributed by atoms with E-state index in [-0.39, 0.29) is 12.6 Å². The van der Waals surface area contributed by atoms with Crippen molar-refractivity contribution >= 4 is 12.0 Å². The van der Waals surface area contributed by atoms with Crippen LogP contribution in [0.5, 0.6) is 0 Å². The number of amides is 2. The maximum absolute atomic E-state index is 11.5. The summed E-state index contributed by atoms with van der Waals surface area (Å²) in [5.74, 6) is -0.827. The van der Waals surface area contributed by atoms with Gasteiger partial charge >= 0.3 is 12.0 Å². The lowest BCUT2D eigenvalue weighted by Crippen LogP contribution is -2.43. The number of methoxy groups -OCH3 is 1. The second-order valence-electron chi connectivity index (χ2n) is 4.99. The van der Waals surface area contributed by atoms with Gasteiger partial charge in [-0.15, -0.1) is 0 Å². The predicted octanol–water partition coefficient (Wildman–Crippen LogP) is -0.271. The summed E-state index contributed by atoms with van der Waals surface area (Å²) in [6.07, 6.45) is 1.28. The molecule has 0 spiro atoms. The number of urea groups is 1. The van der Waals surface area contributed by atoms with E-state index in [0.717, 1.165) is 13.1 Å². The Morgan fingerprint density at radius 3 is 2.53 bits per heavy atom. The molecule has 7 nitrogen and oxygen atoms in total. The van der Waals surface area contributed by atoms with E-state index in [1.54, 1.807) is 7.11 Å². The number of aliphatic carboxylic acids is 1. The lowest BCUT2D eigenvalue weighted by molar-refractivity contribution is -0.143. The number of likely N-dealkylation sites (N-methyl/N-ethyl adjacent to an activating group) is 1. The highest BCUT2D eigenvalue weighted by Gasteiger charge is 2.50. The van der Waals surface area contributed by atoms with E-state index in [0.29, 0.717) is 26.0 Å². The SMILES string of the molecule is COCCN(C)CCNC(=O)NCC1(C(=O)O)CC1. The number of hydrogen-bond donors (Lipinski definition) is 3. The minimum atomic E-state index is -0.827. The van der Waals surface area contributed by atoms with E-state index in [9.17, 15) is 9.59 Å². The average Bonchev–Trinajstić information content (AvgIpc) is 3.15. The van der Waals surface area contributed by atoms with Gasteiger partial charge in [0, 0.05) is 33.3 Å². The van der Waals surface area contributed by atoms with E-state index < -0.39 is 11.4 Å². The Kier molecular flexibility index (Phi) is 6.04. The fourth-order valence-corrected chi connectivity index (χ4v) is 1.65. The molecule has 0 unspecified atom stereocenters. The first kappa shape index (κ1) is 15.7. The molecule has 19 heavy (non-hydrogen) atoms. The number of rotatable bonds is 9. The molecule has 0 saturated heterocycles. The highest BCUT2D eigenvalue weighted by Crippen LogP contribution is 2.45. The molecule has 1 fully saturated rings. The molecule has 0 radical (unpaired) electrons. The maximum Gasteiger partial charge on any atom is 0.314 e. The van der Waals surface area contributed by atoms with Crippen LogP contribution in [0.15, 0.2) is 0 Å². The molecule has 0 aliphatic heterocycles. The first-order chi connectivity index (χ1) is 9.00. The second-order valence-corrected chi connectivity index (χ2v) is 4.99. The number of hydrogen-bond acceptors (Lipinski definition) is 4. The van der Waals surface area contributed by atoms with Gasteiger partial charge in [-0.1, -0.05) is 0 Å². The van der Waals surface area contributed by atoms with Crippen LogP contribution in [0.3, 0.4) is 0 Å². The highest BCUT2D eigenvalue weighted by molar-refractivity contribution is 5.80. The van der Waals surface area contributed by atoms with Gasteiger partial charge < -0.3 is 25.4 Å². The van der Waals surface area contributed by atoms with Crippen LogP contribution < -0.4 is 10.6 Å². The molecule has 0 bridgehead atoms. The van der Waals surface area contributed by atoms with Crippen LogP contribution in [0.25, 0.3) is 0 Å². The zero-order valence-electron chi connectivity index (χ0n) is 11.6. The van der Waals surface area contributed by atoms with Crippen LogP contribution >= 0.6 is 0 Å². The third-order valence-electron chi connectivity index (χ3n) is 3.35. The van der Waals surface area contributed by atoms with Crippen LogP contribution in [-0.2, 0) is 9.53 Å². The van der Waals surface area contributed by atoms with Crippen molar-refractivity contribution in [1.29, 1.82) is 0 Å². The predicted molar refractivity (Wildman–Crippen MR) is 70.1 cm³/mol. The summed E-state index contributed by atoms with van der Waals surface area (Å²) in [7, 11) is 3.60. The molecule has 1 rings (SSSR count). The summed E-state index contributed by atoms with van der Waals surface area (Å²) in [6, 6.07) is -0.312. The number of nitrogens with one attached hydrogen (secondary N) is 2. The summed E-state index contributed by atoms with van der Waals surface area (Å²) in [5, 5.41) is 14.3. The van der Waals surface area contributed by atoms with E-state index in [1.807, 2.05) is 11.9 Å². The van der Waals surface area contributed by atoms with Crippen molar-refractivity contribution < 1.29 is 19.4 Å². The van der Waals surface area contributed by atoms with E-state index >= 15 is 0 Å². The van der Waals surface area contributed by atoms with Gasteiger partial charge in [-0.2, -0.15) is 0 Å². The van der Waals surface area contributed by atoms with E-state index in [4.69, 9.17) is 9.84 Å². The van der Waals surface area contributed by atoms with Gasteiger partial charge in [0.15, 0.2) is 0 Å². The molecule has 0 atom stereocenters. The summed E-state index contributed by atoms with van der Waals surface area (Å²) in [6.45, 7) is 2.91. The van der Waals surface area contributed by atoms with Gasteiger partial charge in [0.2, 0.25) is 0 Å². The smallest absolute Gasteiger partial charge is 0.314 e. The highest BCUT2D eigenvalue weighted by atomic mass is 16.5. The van der Waals surface area contributed by atoms with Gasteiger partial charge in [0.05, 0.1) is 12.0 Å². The topological polar surface area (TPSA) is 90.9 Å². The number of carbonyl (C=O) groups is 2. The quantitative estimate of drug-likeness (QED) is 0.538. The number of ether oxygens (including phenoxy) is 1. The molecule has 2 amide bonds. The van der Waals surface area contributed by atoms with Crippen molar-refractivity contribution in [3.63, 3.8) is 0 Å². The maximum atomic E-state index is 11.5. The molecule has 0 aromatic heterocycles. The Morgan fingerprint density at radius 2 is 2.00 bits per heavy atom. The van der Waals surface area contributed by atoms with Crippen molar-refractivity contribution in [3.8, 4) is 0 Å². The normalized spacial score (nSPS) is 16.2. The molecule has 0 aromatic carbocycles. The number of carboxylic acids is 1. The second kappa shape index (κ2) is 7.30. The first-order valence-electron chi connectivity index (χ1n) is 6.43. The van der Waals surface area contributed by atoms with Gasteiger partial charge in [0.1, 0.15) is 0 Å². The minimum absolute atomic E-state index is 0.202. The van der Waals surface area contributed by atoms with E-state index in [1.165, 1.54) is 0 Å². The van der Waals surface area contributed by atoms with Crippen molar-refractivity contribution in [2.24, 2.45) is 5.41 Å². The number of nitrogens with zero attached hydrogens (tertiary/aromatic N) is 1. The van der Waals surface area contributed by atoms with Crippen LogP contribution in [0.4, 0.5) is 4.79 Å². The standard InChI is InChI=1S/C12H23N3O4/c1-15(7-8-19-2)6-5-13-11(18)14-9-12(3-4-12)10(16)17/h3-9H2,1-2H3,(H,16,17)(H2,13,14,18). The third-order valence-corrected chi connectivity index (χ3v) is 3.35. The summed E-state index contributed by atoms with van der Waals surface area (Å²) in [4.78, 5) is 24.4. The van der Waals surface area contributed by atoms with E-state index in [2.05, 4.69) is 10.6 Å². The number of carboxylic acid groups (broad SMARTS) is 1. The fraction of sp³-hybridized carbons (Fsp3) is 0.833. The average molecular weight is 273 g/mol. The molecule has 1 aliphatic rings. The largest absolute Gasteiger partial charge is 0.481 e. The Balaban J connectivity index is 2.07. The monoisotopic (exact) mass is 273 g/mol. The van der Waals surface area contributed by atoms with Crippen LogP contribution in [0.2, 0.25) is 0 Å². The molecule has 7 heteroatoms. The van der Waals surface area contributed by atoms with Crippen LogP contribution in [0.1, 0.15) is 12.8 Å². The molecule has 3 N–H and O–H groups in total. The zero-order chi connectivity index (χ0) is 14.3. The lowest BCUT2D eigenvalue weighted by Gasteiger charge is -2.17. The molecular weight excluding hydrogens is 250 g/mol. The summed E-state index contributed by atoms with van der Waals surface area (Å²) in [5.41, 5.74) is -0.716. The summed E-state index contributed by atoms with van der Waals surface area (Å²) < 4.78 is 4.95. The molecule has 110 valence electrons. The number of carbonyl (C=O) groups excluding carboxylic acids is 1. The van der Waals surface area contributed by atoms with Gasteiger partial charge in [-0.25, -0.2) is 4.79 Å². The fourth-order valence-electron chi connectivity index (χ4n) is 1.65. The minimum Gasteiger partial charge on any atom is -0.481 e. The first-order valence-corrected chi connectivity index (χ1v) is 6.43. The van der Waals surface area contributed by atoms with Crippen molar-refractivity contribution in [3.05, 3.63) is 0 Å². The van der Waals surface area contributed by atoms with Gasteiger partial charge in [-0.05, 0) is 19.9 Å². The molecular formula is C12H23N3O4. The molecule has 0 heterocycles. The molecule has 1 aliphatic carbocycles. The zero-order valence-corrected chi connectivity index (χ0v) is 11.6. The summed E-state index contributed by atoms with van der Waals surface area (Å²) >= 11 is 0. The Hall–Kier alpha value is -1.34. The molecule has 0 aromatic rings. The lowest BCUT2D eigenvalue weighted by atomic mass is 10.1. The molecule has 1 saturated carbocycles. The Morgan fingerprint density at radius 1 is 1.32 bits per heavy atom. The Labute approximate surface area is 113 Å². The van der Waals surface area contributed by atoms with Gasteiger partial charge in [-0.3, -0.25) is 4.79 Å². The van der Waals surface area contributed by atoms with Crippen molar-refractivity contribution in [2.75, 3.05) is 46.9 Å².